The molecule has 1 atom stereocenters. The molecule has 3 rings (SSSR count). The Labute approximate surface area is 143 Å². The van der Waals surface area contributed by atoms with Crippen molar-refractivity contribution in [3.63, 3.8) is 0 Å². The average Bonchev–Trinajstić information content (AvgIpc) is 3.23. The normalized spacial score (nSPS) is 12.4. The highest BCUT2D eigenvalue weighted by Gasteiger charge is 2.17. The number of thiophene rings is 1. The molecule has 0 amide bonds. The van der Waals surface area contributed by atoms with Gasteiger partial charge in [-0.3, -0.25) is 0 Å². The molecule has 0 unspecified atom stereocenters. The zero-order valence-corrected chi connectivity index (χ0v) is 14.1. The van der Waals surface area contributed by atoms with Crippen molar-refractivity contribution in [3.05, 3.63) is 64.2 Å². The summed E-state index contributed by atoms with van der Waals surface area (Å²) >= 11 is 1.61. The number of nitrogens with zero attached hydrogens (tertiary/aromatic N) is 2. The van der Waals surface area contributed by atoms with Crippen LogP contribution in [0.3, 0.4) is 0 Å². The van der Waals surface area contributed by atoms with Gasteiger partial charge in [0.15, 0.2) is 6.10 Å². The maximum absolute atomic E-state index is 11.9. The summed E-state index contributed by atoms with van der Waals surface area (Å²) in [5, 5.41) is 7.94. The SMILES string of the molecule is Cc1ccc(/C=C/C(=O)O[C@H](C)c2nnc(-c3ccccc3)o2)s1. The van der Waals surface area contributed by atoms with Crippen molar-refractivity contribution in [3.8, 4) is 11.5 Å². The van der Waals surface area contributed by atoms with Gasteiger partial charge in [-0.05, 0) is 44.2 Å². The molecule has 3 aromatic rings. The Hall–Kier alpha value is -2.73. The molecule has 0 bridgehead atoms. The lowest BCUT2D eigenvalue weighted by Crippen LogP contribution is -2.06. The lowest BCUT2D eigenvalue weighted by Gasteiger charge is -2.06. The van der Waals surface area contributed by atoms with Gasteiger partial charge in [0, 0.05) is 21.4 Å². The summed E-state index contributed by atoms with van der Waals surface area (Å²) in [6, 6.07) is 13.4. The number of esters is 1. The predicted molar refractivity (Wildman–Crippen MR) is 92.3 cm³/mol. The fourth-order valence-corrected chi connectivity index (χ4v) is 2.83. The van der Waals surface area contributed by atoms with E-state index in [0.717, 1.165) is 10.4 Å². The van der Waals surface area contributed by atoms with Crippen LogP contribution in [0.25, 0.3) is 17.5 Å². The number of aromatic nitrogens is 2. The first-order chi connectivity index (χ1) is 11.6. The van der Waals surface area contributed by atoms with E-state index >= 15 is 0 Å². The second-order valence-corrected chi connectivity index (χ2v) is 6.49. The molecule has 0 spiro atoms. The molecule has 0 radical (unpaired) electrons. The second-order valence-electron chi connectivity index (χ2n) is 5.17. The van der Waals surface area contributed by atoms with E-state index in [9.17, 15) is 4.79 Å². The topological polar surface area (TPSA) is 65.2 Å². The van der Waals surface area contributed by atoms with Gasteiger partial charge in [0.05, 0.1) is 0 Å². The minimum atomic E-state index is -0.614. The lowest BCUT2D eigenvalue weighted by atomic mass is 10.2. The second kappa shape index (κ2) is 7.23. The molecular formula is C18H16N2O3S. The van der Waals surface area contributed by atoms with E-state index in [1.165, 1.54) is 11.0 Å². The van der Waals surface area contributed by atoms with Crippen LogP contribution < -0.4 is 0 Å². The highest BCUT2D eigenvalue weighted by Crippen LogP contribution is 2.22. The van der Waals surface area contributed by atoms with Crippen LogP contribution in [-0.4, -0.2) is 16.2 Å². The van der Waals surface area contributed by atoms with Crippen LogP contribution in [0.1, 0.15) is 28.7 Å². The lowest BCUT2D eigenvalue weighted by molar-refractivity contribution is -0.143. The van der Waals surface area contributed by atoms with Crippen LogP contribution in [-0.2, 0) is 9.53 Å². The van der Waals surface area contributed by atoms with Gasteiger partial charge in [-0.1, -0.05) is 18.2 Å². The average molecular weight is 340 g/mol. The maximum Gasteiger partial charge on any atom is 0.331 e. The van der Waals surface area contributed by atoms with Crippen LogP contribution in [0.15, 0.2) is 53.0 Å². The van der Waals surface area contributed by atoms with Gasteiger partial charge < -0.3 is 9.15 Å². The van der Waals surface area contributed by atoms with Crippen molar-refractivity contribution in [1.82, 2.24) is 10.2 Å². The van der Waals surface area contributed by atoms with Gasteiger partial charge in [0.1, 0.15) is 0 Å². The molecule has 2 aromatic heterocycles. The quantitative estimate of drug-likeness (QED) is 0.508. The van der Waals surface area contributed by atoms with Crippen LogP contribution in [0.5, 0.6) is 0 Å². The molecule has 0 N–H and O–H groups in total. The number of hydrogen-bond donors (Lipinski definition) is 0. The van der Waals surface area contributed by atoms with Gasteiger partial charge in [-0.2, -0.15) is 0 Å². The first kappa shape index (κ1) is 16.1. The molecule has 0 aliphatic rings. The van der Waals surface area contributed by atoms with E-state index in [4.69, 9.17) is 9.15 Å². The van der Waals surface area contributed by atoms with Crippen molar-refractivity contribution < 1.29 is 13.9 Å². The zero-order chi connectivity index (χ0) is 16.9. The maximum atomic E-state index is 11.9. The van der Waals surface area contributed by atoms with E-state index < -0.39 is 12.1 Å². The largest absolute Gasteiger partial charge is 0.449 e. The summed E-state index contributed by atoms with van der Waals surface area (Å²) in [7, 11) is 0. The molecule has 1 aromatic carbocycles. The highest BCUT2D eigenvalue weighted by atomic mass is 32.1. The fraction of sp³-hybridized carbons (Fsp3) is 0.167. The summed E-state index contributed by atoms with van der Waals surface area (Å²) in [6.07, 6.45) is 2.52. The standard InChI is InChI=1S/C18H16N2O3S/c1-12-8-9-15(24-12)10-11-16(21)22-13(2)17-19-20-18(23-17)14-6-4-3-5-7-14/h3-11,13H,1-2H3/b11-10+/t13-/m1/s1. The van der Waals surface area contributed by atoms with Crippen LogP contribution in [0, 0.1) is 6.92 Å². The van der Waals surface area contributed by atoms with Crippen molar-refractivity contribution in [2.75, 3.05) is 0 Å². The minimum absolute atomic E-state index is 0.266. The number of hydrogen-bond acceptors (Lipinski definition) is 6. The molecule has 0 saturated heterocycles. The number of carbonyl (C=O) groups excluding carboxylic acids is 1. The number of aryl methyl sites for hydroxylation is 1. The molecule has 122 valence electrons. The summed E-state index contributed by atoms with van der Waals surface area (Å²) in [5.74, 6) is 0.216. The predicted octanol–water partition coefficient (Wildman–Crippen LogP) is 4.42. The van der Waals surface area contributed by atoms with E-state index in [-0.39, 0.29) is 5.89 Å². The van der Waals surface area contributed by atoms with Gasteiger partial charge >= 0.3 is 5.97 Å². The third kappa shape index (κ3) is 3.97. The molecule has 0 fully saturated rings. The monoisotopic (exact) mass is 340 g/mol. The Balaban J connectivity index is 1.62. The molecule has 2 heterocycles. The third-order valence-corrected chi connectivity index (χ3v) is 4.21. The zero-order valence-electron chi connectivity index (χ0n) is 13.3. The van der Waals surface area contributed by atoms with E-state index in [0.29, 0.717) is 5.89 Å². The van der Waals surface area contributed by atoms with Crippen molar-refractivity contribution in [2.45, 2.75) is 20.0 Å². The molecule has 6 heteroatoms. The number of ether oxygens (including phenoxy) is 1. The van der Waals surface area contributed by atoms with E-state index in [2.05, 4.69) is 10.2 Å². The van der Waals surface area contributed by atoms with Gasteiger partial charge in [-0.25, -0.2) is 4.79 Å². The Morgan fingerprint density at radius 2 is 2.00 bits per heavy atom. The smallest absolute Gasteiger partial charge is 0.331 e. The first-order valence-electron chi connectivity index (χ1n) is 7.46. The van der Waals surface area contributed by atoms with Gasteiger partial charge in [0.2, 0.25) is 5.89 Å². The Kier molecular flexibility index (Phi) is 4.86. The number of rotatable bonds is 5. The summed E-state index contributed by atoms with van der Waals surface area (Å²) in [6.45, 7) is 3.71. The molecule has 0 saturated carbocycles. The minimum Gasteiger partial charge on any atom is -0.449 e. The van der Waals surface area contributed by atoms with E-state index in [1.807, 2.05) is 49.4 Å². The first-order valence-corrected chi connectivity index (χ1v) is 8.27. The van der Waals surface area contributed by atoms with Crippen molar-refractivity contribution >= 4 is 23.4 Å². The highest BCUT2D eigenvalue weighted by molar-refractivity contribution is 7.12. The molecule has 0 aliphatic carbocycles. The third-order valence-electron chi connectivity index (χ3n) is 3.25. The summed E-state index contributed by atoms with van der Waals surface area (Å²) in [4.78, 5) is 14.1. The van der Waals surface area contributed by atoms with E-state index in [1.54, 1.807) is 24.3 Å². The van der Waals surface area contributed by atoms with Crippen LogP contribution >= 0.6 is 11.3 Å². The van der Waals surface area contributed by atoms with Gasteiger partial charge in [-0.15, -0.1) is 21.5 Å². The van der Waals surface area contributed by atoms with Crippen molar-refractivity contribution in [1.29, 1.82) is 0 Å². The molecule has 0 aliphatic heterocycles. The molecular weight excluding hydrogens is 324 g/mol. The summed E-state index contributed by atoms with van der Waals surface area (Å²) in [5.41, 5.74) is 0.822. The van der Waals surface area contributed by atoms with Crippen LogP contribution in [0.2, 0.25) is 0 Å². The molecule has 24 heavy (non-hydrogen) atoms. The summed E-state index contributed by atoms with van der Waals surface area (Å²) < 4.78 is 10.9. The number of carbonyl (C=O) groups is 1. The Bertz CT molecular complexity index is 852. The Morgan fingerprint density at radius 3 is 2.71 bits per heavy atom. The molecule has 5 nitrogen and oxygen atoms in total. The number of benzene rings is 1. The van der Waals surface area contributed by atoms with Gasteiger partial charge in [0.25, 0.3) is 5.89 Å². The van der Waals surface area contributed by atoms with Crippen LogP contribution in [0.4, 0.5) is 0 Å². The fourth-order valence-electron chi connectivity index (χ4n) is 2.05. The van der Waals surface area contributed by atoms with Crippen molar-refractivity contribution in [2.24, 2.45) is 0 Å². The Morgan fingerprint density at radius 1 is 1.21 bits per heavy atom.